The lowest BCUT2D eigenvalue weighted by atomic mass is 9.94. The first-order valence-electron chi connectivity index (χ1n) is 7.96. The molecule has 0 N–H and O–H groups in total. The molecule has 1 unspecified atom stereocenters. The normalized spacial score (nSPS) is 29.5. The molecule has 0 amide bonds. The van der Waals surface area contributed by atoms with Crippen molar-refractivity contribution in [3.05, 3.63) is 0 Å². The number of carbonyl (C=O) groups is 3. The van der Waals surface area contributed by atoms with Gasteiger partial charge < -0.3 is 33.2 Å². The highest BCUT2D eigenvalue weighted by Crippen LogP contribution is 2.31. The third kappa shape index (κ3) is 5.90. The number of ether oxygens (including phenoxy) is 7. The standard InChI is InChI=1S/C16H26O10/c1-8(17)23-7-11(20-4)12-14(24-9(2)18)13(21-5)15(25-10(3)19)16(22-6)26-12/h11-16H,7H2,1-6H3/t11-,12-,13+,14-,15-,16?/m1/s1. The number of esters is 3. The molecule has 0 saturated carbocycles. The lowest BCUT2D eigenvalue weighted by molar-refractivity contribution is -0.314. The Morgan fingerprint density at radius 3 is 1.85 bits per heavy atom. The van der Waals surface area contributed by atoms with Gasteiger partial charge in [-0.15, -0.1) is 0 Å². The highest BCUT2D eigenvalue weighted by molar-refractivity contribution is 5.67. The average Bonchev–Trinajstić information content (AvgIpc) is 2.55. The van der Waals surface area contributed by atoms with Crippen LogP contribution in [0.3, 0.4) is 0 Å². The Balaban J connectivity index is 3.17. The molecule has 0 aromatic rings. The van der Waals surface area contributed by atoms with Crippen molar-refractivity contribution < 1.29 is 47.5 Å². The zero-order valence-corrected chi connectivity index (χ0v) is 15.8. The molecule has 1 rings (SSSR count). The highest BCUT2D eigenvalue weighted by atomic mass is 16.7. The van der Waals surface area contributed by atoms with Gasteiger partial charge in [-0.3, -0.25) is 14.4 Å². The molecule has 1 aliphatic heterocycles. The lowest BCUT2D eigenvalue weighted by Gasteiger charge is -2.45. The van der Waals surface area contributed by atoms with Gasteiger partial charge in [0, 0.05) is 42.1 Å². The van der Waals surface area contributed by atoms with Crippen molar-refractivity contribution in [3.63, 3.8) is 0 Å². The van der Waals surface area contributed by atoms with Crippen molar-refractivity contribution in [2.24, 2.45) is 0 Å². The summed E-state index contributed by atoms with van der Waals surface area (Å²) in [6.45, 7) is 3.57. The zero-order valence-electron chi connectivity index (χ0n) is 15.8. The first kappa shape index (κ1) is 22.3. The van der Waals surface area contributed by atoms with Crippen molar-refractivity contribution in [2.75, 3.05) is 27.9 Å². The Morgan fingerprint density at radius 2 is 1.42 bits per heavy atom. The second kappa shape index (κ2) is 10.4. The SMILES string of the molecule is COC1O[C@H]([C@@H](COC(C)=O)OC)[C@@H](OC(C)=O)[C@H](OC)[C@H]1OC(C)=O. The van der Waals surface area contributed by atoms with Crippen LogP contribution >= 0.6 is 0 Å². The molecule has 0 radical (unpaired) electrons. The van der Waals surface area contributed by atoms with Crippen molar-refractivity contribution in [1.29, 1.82) is 0 Å². The Bertz CT molecular complexity index is 493. The highest BCUT2D eigenvalue weighted by Gasteiger charge is 2.53. The van der Waals surface area contributed by atoms with Crippen LogP contribution in [0.2, 0.25) is 0 Å². The quantitative estimate of drug-likeness (QED) is 0.416. The summed E-state index contributed by atoms with van der Waals surface area (Å²) in [4.78, 5) is 34.1. The van der Waals surface area contributed by atoms with Crippen LogP contribution in [0, 0.1) is 0 Å². The molecule has 1 aliphatic rings. The molecule has 0 aromatic heterocycles. The largest absolute Gasteiger partial charge is 0.463 e. The van der Waals surface area contributed by atoms with Gasteiger partial charge in [0.2, 0.25) is 0 Å². The maximum atomic E-state index is 11.6. The van der Waals surface area contributed by atoms with E-state index in [9.17, 15) is 14.4 Å². The van der Waals surface area contributed by atoms with Crippen LogP contribution in [0.1, 0.15) is 20.8 Å². The van der Waals surface area contributed by atoms with Crippen molar-refractivity contribution in [1.82, 2.24) is 0 Å². The summed E-state index contributed by atoms with van der Waals surface area (Å²) in [5.41, 5.74) is 0. The van der Waals surface area contributed by atoms with Gasteiger partial charge in [0.1, 0.15) is 24.9 Å². The van der Waals surface area contributed by atoms with E-state index in [2.05, 4.69) is 0 Å². The Hall–Kier alpha value is -1.75. The van der Waals surface area contributed by atoms with Gasteiger partial charge in [-0.25, -0.2) is 0 Å². The lowest BCUT2D eigenvalue weighted by Crippen LogP contribution is -2.64. The number of hydrogen-bond acceptors (Lipinski definition) is 10. The molecule has 0 aliphatic carbocycles. The number of hydrogen-bond donors (Lipinski definition) is 0. The van der Waals surface area contributed by atoms with Crippen molar-refractivity contribution in [2.45, 2.75) is 57.6 Å². The average molecular weight is 378 g/mol. The zero-order chi connectivity index (χ0) is 19.9. The van der Waals surface area contributed by atoms with Crippen LogP contribution in [-0.4, -0.2) is 82.7 Å². The fourth-order valence-corrected chi connectivity index (χ4v) is 2.73. The van der Waals surface area contributed by atoms with Crippen LogP contribution in [0.4, 0.5) is 0 Å². The Labute approximate surface area is 151 Å². The van der Waals surface area contributed by atoms with Gasteiger partial charge in [0.15, 0.2) is 18.5 Å². The van der Waals surface area contributed by atoms with Crippen molar-refractivity contribution >= 4 is 17.9 Å². The second-order valence-electron chi connectivity index (χ2n) is 5.63. The molecule has 1 saturated heterocycles. The topological polar surface area (TPSA) is 116 Å². The third-order valence-corrected chi connectivity index (χ3v) is 3.76. The summed E-state index contributed by atoms with van der Waals surface area (Å²) in [6, 6.07) is 0. The number of methoxy groups -OCH3 is 3. The van der Waals surface area contributed by atoms with Crippen LogP contribution in [0.15, 0.2) is 0 Å². The monoisotopic (exact) mass is 378 g/mol. The summed E-state index contributed by atoms with van der Waals surface area (Å²) in [5.74, 6) is -1.67. The first-order chi connectivity index (χ1) is 12.2. The van der Waals surface area contributed by atoms with Crippen molar-refractivity contribution in [3.8, 4) is 0 Å². The molecule has 150 valence electrons. The molecule has 10 nitrogen and oxygen atoms in total. The second-order valence-corrected chi connectivity index (χ2v) is 5.63. The Morgan fingerprint density at radius 1 is 0.846 bits per heavy atom. The predicted octanol–water partition coefficient (Wildman–Crippen LogP) is -0.186. The maximum absolute atomic E-state index is 11.6. The number of rotatable bonds is 8. The van der Waals surface area contributed by atoms with E-state index < -0.39 is 54.7 Å². The third-order valence-electron chi connectivity index (χ3n) is 3.76. The van der Waals surface area contributed by atoms with E-state index >= 15 is 0 Å². The summed E-state index contributed by atoms with van der Waals surface area (Å²) in [5, 5.41) is 0. The molecule has 1 fully saturated rings. The van der Waals surface area contributed by atoms with E-state index in [4.69, 9.17) is 33.2 Å². The first-order valence-corrected chi connectivity index (χ1v) is 7.96. The van der Waals surface area contributed by atoms with Crippen LogP contribution in [0.25, 0.3) is 0 Å². The molecule has 26 heavy (non-hydrogen) atoms. The smallest absolute Gasteiger partial charge is 0.303 e. The van der Waals surface area contributed by atoms with Gasteiger partial charge in [-0.05, 0) is 0 Å². The fourth-order valence-electron chi connectivity index (χ4n) is 2.73. The summed E-state index contributed by atoms with van der Waals surface area (Å²) >= 11 is 0. The van der Waals surface area contributed by atoms with Crippen LogP contribution in [-0.2, 0) is 47.5 Å². The molecule has 1 heterocycles. The van der Waals surface area contributed by atoms with E-state index in [0.717, 1.165) is 0 Å². The van der Waals surface area contributed by atoms with Crippen LogP contribution < -0.4 is 0 Å². The minimum Gasteiger partial charge on any atom is -0.463 e. The van der Waals surface area contributed by atoms with Gasteiger partial charge in [0.25, 0.3) is 0 Å². The Kier molecular flexibility index (Phi) is 8.93. The minimum atomic E-state index is -1.00. The predicted molar refractivity (Wildman–Crippen MR) is 85.0 cm³/mol. The fraction of sp³-hybridized carbons (Fsp3) is 0.812. The van der Waals surface area contributed by atoms with Gasteiger partial charge in [-0.2, -0.15) is 0 Å². The molecular formula is C16H26O10. The molecule has 10 heteroatoms. The van der Waals surface area contributed by atoms with E-state index in [-0.39, 0.29) is 6.61 Å². The summed E-state index contributed by atoms with van der Waals surface area (Å²) in [6.07, 6.45) is -5.54. The van der Waals surface area contributed by atoms with E-state index in [1.807, 2.05) is 0 Å². The summed E-state index contributed by atoms with van der Waals surface area (Å²) < 4.78 is 37.4. The van der Waals surface area contributed by atoms with Gasteiger partial charge in [0.05, 0.1) is 0 Å². The molecule has 0 aromatic carbocycles. The van der Waals surface area contributed by atoms with Crippen LogP contribution in [0.5, 0.6) is 0 Å². The van der Waals surface area contributed by atoms with Gasteiger partial charge in [-0.1, -0.05) is 0 Å². The minimum absolute atomic E-state index is 0.140. The number of carbonyl (C=O) groups excluding carboxylic acids is 3. The van der Waals surface area contributed by atoms with E-state index in [0.29, 0.717) is 0 Å². The van der Waals surface area contributed by atoms with E-state index in [1.54, 1.807) is 0 Å². The molecule has 0 bridgehead atoms. The maximum Gasteiger partial charge on any atom is 0.303 e. The molecule has 0 spiro atoms. The molecular weight excluding hydrogens is 352 g/mol. The summed E-state index contributed by atoms with van der Waals surface area (Å²) in [7, 11) is 4.13. The van der Waals surface area contributed by atoms with E-state index in [1.165, 1.54) is 42.1 Å². The van der Waals surface area contributed by atoms with Gasteiger partial charge >= 0.3 is 17.9 Å². The molecule has 6 atom stereocenters.